The van der Waals surface area contributed by atoms with Crippen LogP contribution >= 0.6 is 11.6 Å². The van der Waals surface area contributed by atoms with Crippen molar-refractivity contribution >= 4 is 40.5 Å². The summed E-state index contributed by atoms with van der Waals surface area (Å²) in [5.41, 5.74) is 7.23. The third kappa shape index (κ3) is 5.67. The Balaban J connectivity index is 1.28. The molecule has 0 unspecified atom stereocenters. The number of aliphatic hydroxyl groups excluding tert-OH is 1. The highest BCUT2D eigenvalue weighted by Gasteiger charge is 2.46. The van der Waals surface area contributed by atoms with Crippen molar-refractivity contribution < 1.29 is 29.3 Å². The van der Waals surface area contributed by atoms with Crippen LogP contribution in [0.4, 0.5) is 5.82 Å². The van der Waals surface area contributed by atoms with E-state index in [0.29, 0.717) is 46.4 Å². The van der Waals surface area contributed by atoms with Crippen LogP contribution in [0.2, 0.25) is 5.02 Å². The van der Waals surface area contributed by atoms with E-state index in [1.165, 1.54) is 17.2 Å². The zero-order valence-corrected chi connectivity index (χ0v) is 22.6. The normalized spacial score (nSPS) is 23.4. The summed E-state index contributed by atoms with van der Waals surface area (Å²) in [6.07, 6.45) is -1.04. The number of aromatic nitrogens is 4. The van der Waals surface area contributed by atoms with Gasteiger partial charge in [0.25, 0.3) is 5.91 Å². The molecule has 1 amide bonds. The molecule has 1 aromatic carbocycles. The third-order valence-corrected chi connectivity index (χ3v) is 7.43. The summed E-state index contributed by atoms with van der Waals surface area (Å²) in [7, 11) is 0. The first kappa shape index (κ1) is 28.0. The van der Waals surface area contributed by atoms with Crippen molar-refractivity contribution in [2.75, 3.05) is 44.6 Å². The lowest BCUT2D eigenvalue weighted by Gasteiger charge is -2.34. The van der Waals surface area contributed by atoms with Gasteiger partial charge in [-0.25, -0.2) is 19.7 Å². The second-order valence-electron chi connectivity index (χ2n) is 9.61. The van der Waals surface area contributed by atoms with Crippen LogP contribution in [0.5, 0.6) is 5.75 Å². The second-order valence-corrected chi connectivity index (χ2v) is 10.0. The summed E-state index contributed by atoms with van der Waals surface area (Å²) < 4.78 is 12.8. The molecule has 5 N–H and O–H groups in total. The number of fused-ring (bicyclic) bond motifs is 1. The molecule has 40 heavy (non-hydrogen) atoms. The average Bonchev–Trinajstić information content (AvgIpc) is 3.52. The number of aliphatic hydroxyl groups is 1. The second kappa shape index (κ2) is 11.9. The Kier molecular flexibility index (Phi) is 8.32. The Morgan fingerprint density at radius 2 is 2.00 bits per heavy atom. The highest BCUT2D eigenvalue weighted by Crippen LogP contribution is 2.32. The molecule has 3 aromatic rings. The number of nitrogens with zero attached hydrogens (tertiary/aromatic N) is 6. The molecule has 4 heterocycles. The number of carbonyl (C=O) groups is 2. The van der Waals surface area contributed by atoms with Gasteiger partial charge in [-0.1, -0.05) is 18.5 Å². The van der Waals surface area contributed by atoms with Crippen LogP contribution in [0.3, 0.4) is 0 Å². The number of benzene rings is 1. The van der Waals surface area contributed by atoms with E-state index in [9.17, 15) is 19.8 Å². The van der Waals surface area contributed by atoms with Crippen molar-refractivity contribution in [3.63, 3.8) is 0 Å². The van der Waals surface area contributed by atoms with E-state index in [-0.39, 0.29) is 19.1 Å². The van der Waals surface area contributed by atoms with E-state index in [2.05, 4.69) is 32.1 Å². The van der Waals surface area contributed by atoms with E-state index >= 15 is 0 Å². The first-order valence-corrected chi connectivity index (χ1v) is 13.3. The van der Waals surface area contributed by atoms with Gasteiger partial charge in [-0.3, -0.25) is 9.36 Å². The van der Waals surface area contributed by atoms with Gasteiger partial charge in [0.05, 0.1) is 12.4 Å². The van der Waals surface area contributed by atoms with Gasteiger partial charge >= 0.3 is 5.97 Å². The number of nitrogens with one attached hydrogen (secondary N) is 1. The zero-order valence-electron chi connectivity index (χ0n) is 21.8. The molecular weight excluding hydrogens is 544 g/mol. The van der Waals surface area contributed by atoms with Gasteiger partial charge in [-0.05, 0) is 24.7 Å². The minimum absolute atomic E-state index is 0.0752. The monoisotopic (exact) mass is 574 g/mol. The van der Waals surface area contributed by atoms with Gasteiger partial charge in [0, 0.05) is 43.3 Å². The fourth-order valence-electron chi connectivity index (χ4n) is 4.86. The number of carboxylic acid groups (broad SMARTS) is 1. The van der Waals surface area contributed by atoms with Crippen LogP contribution in [0.15, 0.2) is 30.9 Å². The van der Waals surface area contributed by atoms with E-state index in [0.717, 1.165) is 19.6 Å². The van der Waals surface area contributed by atoms with Crippen molar-refractivity contribution in [1.29, 1.82) is 0 Å². The number of carbonyl (C=O) groups excluding carboxylic acids is 1. The smallest absolute Gasteiger partial charge is 0.334 e. The molecule has 0 bridgehead atoms. The molecule has 5 rings (SSSR count). The number of carboxylic acids is 1. The molecule has 2 aliphatic heterocycles. The minimum Gasteiger partial charge on any atom is -0.483 e. The summed E-state index contributed by atoms with van der Waals surface area (Å²) >= 11 is 6.25. The molecule has 2 aliphatic rings. The number of hydrogen-bond donors (Lipinski definition) is 4. The molecule has 15 heteroatoms. The topological polar surface area (TPSA) is 181 Å². The molecule has 14 nitrogen and oxygen atoms in total. The van der Waals surface area contributed by atoms with Crippen LogP contribution in [-0.4, -0.2) is 109 Å². The first-order valence-electron chi connectivity index (χ1n) is 12.9. The highest BCUT2D eigenvalue weighted by molar-refractivity contribution is 6.30. The number of amides is 1. The summed E-state index contributed by atoms with van der Waals surface area (Å²) in [5, 5.41) is 23.5. The highest BCUT2D eigenvalue weighted by atomic mass is 35.5. The molecule has 0 spiro atoms. The molecule has 214 valence electrons. The Bertz CT molecular complexity index is 1380. The summed E-state index contributed by atoms with van der Waals surface area (Å²) in [5.74, 6) is -0.458. The van der Waals surface area contributed by atoms with Gasteiger partial charge in [0.2, 0.25) is 0 Å². The molecule has 2 saturated heterocycles. The lowest BCUT2D eigenvalue weighted by molar-refractivity contribution is -0.152. The molecule has 0 aliphatic carbocycles. The maximum Gasteiger partial charge on any atom is 0.334 e. The molecular formula is C25H31ClN8O6. The number of nitrogens with two attached hydrogens (primary N) is 1. The Labute approximate surface area is 234 Å². The Morgan fingerprint density at radius 1 is 1.23 bits per heavy atom. The fourth-order valence-corrected chi connectivity index (χ4v) is 5.06. The van der Waals surface area contributed by atoms with E-state index in [1.807, 2.05) is 4.90 Å². The predicted molar refractivity (Wildman–Crippen MR) is 144 cm³/mol. The number of rotatable bonds is 9. The standard InChI is InChI=1S/C25H31ClN8O6/c1-2-32-5-7-33(8-6-32)17(35)11-39-16-4-3-15(26)9-14(16)10-28-22-19-23(30-12-29-22)34(13-31-19)24-20(36)18(27)21(40-24)25(37)38/h3-4,9,12-13,18,20-21,24,36H,2,5-8,10-11,27H2,1H3,(H,37,38)(H,28,29,30)/t18-,20+,21-,24+/m0/s1. The lowest BCUT2D eigenvalue weighted by Crippen LogP contribution is -2.49. The number of aliphatic carboxylic acids is 1. The Hall–Kier alpha value is -3.56. The van der Waals surface area contributed by atoms with Crippen LogP contribution in [-0.2, 0) is 20.9 Å². The minimum atomic E-state index is -1.37. The summed E-state index contributed by atoms with van der Waals surface area (Å²) in [4.78, 5) is 41.1. The number of piperazine rings is 1. The van der Waals surface area contributed by atoms with E-state index < -0.39 is 30.4 Å². The van der Waals surface area contributed by atoms with Gasteiger partial charge in [0.15, 0.2) is 35.9 Å². The van der Waals surface area contributed by atoms with E-state index in [4.69, 9.17) is 26.8 Å². The van der Waals surface area contributed by atoms with Crippen LogP contribution in [0, 0.1) is 0 Å². The van der Waals surface area contributed by atoms with Crippen molar-refractivity contribution in [2.45, 2.75) is 37.9 Å². The Morgan fingerprint density at radius 3 is 2.70 bits per heavy atom. The average molecular weight is 575 g/mol. The summed E-state index contributed by atoms with van der Waals surface area (Å²) in [6.45, 7) is 6.27. The van der Waals surface area contributed by atoms with Gasteiger partial charge in [0.1, 0.15) is 18.2 Å². The van der Waals surface area contributed by atoms with Crippen molar-refractivity contribution in [1.82, 2.24) is 29.3 Å². The molecule has 2 aromatic heterocycles. The first-order chi connectivity index (χ1) is 19.3. The van der Waals surface area contributed by atoms with Gasteiger partial charge in [-0.2, -0.15) is 0 Å². The molecule has 2 fully saturated rings. The zero-order chi connectivity index (χ0) is 28.4. The van der Waals surface area contributed by atoms with Gasteiger partial charge in [-0.15, -0.1) is 0 Å². The van der Waals surface area contributed by atoms with Crippen LogP contribution < -0.4 is 15.8 Å². The molecule has 4 atom stereocenters. The fraction of sp³-hybridized carbons (Fsp3) is 0.480. The largest absolute Gasteiger partial charge is 0.483 e. The number of halogens is 1. The van der Waals surface area contributed by atoms with Crippen molar-refractivity contribution in [2.24, 2.45) is 5.73 Å². The van der Waals surface area contributed by atoms with Crippen LogP contribution in [0.1, 0.15) is 18.7 Å². The number of ether oxygens (including phenoxy) is 2. The maximum absolute atomic E-state index is 12.7. The van der Waals surface area contributed by atoms with Crippen molar-refractivity contribution in [3.05, 3.63) is 41.4 Å². The summed E-state index contributed by atoms with van der Waals surface area (Å²) in [6, 6.07) is 4.03. The number of imidazole rings is 1. The quantitative estimate of drug-likeness (QED) is 0.275. The third-order valence-electron chi connectivity index (χ3n) is 7.19. The maximum atomic E-state index is 12.7. The van der Waals surface area contributed by atoms with Crippen molar-refractivity contribution in [3.8, 4) is 5.75 Å². The van der Waals surface area contributed by atoms with Crippen LogP contribution in [0.25, 0.3) is 11.2 Å². The van der Waals surface area contributed by atoms with E-state index in [1.54, 1.807) is 18.2 Å². The molecule has 0 saturated carbocycles. The lowest BCUT2D eigenvalue weighted by atomic mass is 10.1. The number of hydrogen-bond acceptors (Lipinski definition) is 11. The predicted octanol–water partition coefficient (Wildman–Crippen LogP) is 0.305. The van der Waals surface area contributed by atoms with Gasteiger partial charge < -0.3 is 40.5 Å². The number of likely N-dealkylation sites (N-methyl/N-ethyl adjacent to an activating group) is 1. The molecule has 0 radical (unpaired) electrons. The SMILES string of the molecule is CCN1CCN(C(=O)COc2ccc(Cl)cc2CNc2ncnc3c2ncn3[C@@H]2O[C@H](C(=O)O)[C@@H](N)[C@H]2O)CC1. The number of anilines is 1.